The van der Waals surface area contributed by atoms with Crippen LogP contribution in [0.15, 0.2) is 55.0 Å². The number of nitrogens with zero attached hydrogens (tertiary/aromatic N) is 4. The largest absolute Gasteiger partial charge is 0.498 e. The van der Waals surface area contributed by atoms with Gasteiger partial charge in [0.25, 0.3) is 0 Å². The number of anilines is 1. The molecule has 3 atom stereocenters. The number of methoxy groups -OCH3 is 2. The predicted octanol–water partition coefficient (Wildman–Crippen LogP) is 3.95. The molecule has 0 amide bonds. The molecule has 3 heterocycles. The van der Waals surface area contributed by atoms with E-state index in [1.54, 1.807) is 26.6 Å². The van der Waals surface area contributed by atoms with Gasteiger partial charge in [0.1, 0.15) is 5.75 Å². The molecule has 0 spiro atoms. The molecule has 232 valence electrons. The summed E-state index contributed by atoms with van der Waals surface area (Å²) in [5.41, 5.74) is 10.00. The Balaban J connectivity index is 1.33. The van der Waals surface area contributed by atoms with Crippen molar-refractivity contribution in [1.82, 2.24) is 20.0 Å². The second-order valence-corrected chi connectivity index (χ2v) is 11.4. The molecule has 6 rings (SSSR count). The first-order valence-corrected chi connectivity index (χ1v) is 15.2. The minimum atomic E-state index is -0.621. The average Bonchev–Trinajstić information content (AvgIpc) is 3.76. The van der Waals surface area contributed by atoms with Crippen molar-refractivity contribution in [3.63, 3.8) is 0 Å². The van der Waals surface area contributed by atoms with Crippen molar-refractivity contribution in [2.75, 3.05) is 46.4 Å². The lowest BCUT2D eigenvalue weighted by atomic mass is 9.76. The summed E-state index contributed by atoms with van der Waals surface area (Å²) in [6.45, 7) is 6.50. The van der Waals surface area contributed by atoms with Crippen molar-refractivity contribution in [3.05, 3.63) is 55.0 Å². The molecule has 0 bridgehead atoms. The van der Waals surface area contributed by atoms with E-state index in [1.165, 1.54) is 0 Å². The second-order valence-electron chi connectivity index (χ2n) is 11.4. The second kappa shape index (κ2) is 12.8. The lowest BCUT2D eigenvalue weighted by molar-refractivity contribution is -0.0281. The molecule has 1 unspecified atom stereocenters. The Morgan fingerprint density at radius 1 is 1.02 bits per heavy atom. The van der Waals surface area contributed by atoms with Gasteiger partial charge in [0.05, 0.1) is 73.9 Å². The third-order valence-electron chi connectivity index (χ3n) is 9.10. The highest BCUT2D eigenvalue weighted by Gasteiger charge is 2.66. The van der Waals surface area contributed by atoms with Crippen LogP contribution in [0.4, 0.5) is 5.69 Å². The van der Waals surface area contributed by atoms with Crippen molar-refractivity contribution in [1.29, 1.82) is 0 Å². The van der Waals surface area contributed by atoms with Crippen molar-refractivity contribution < 1.29 is 28.3 Å². The average molecular weight is 602 g/mol. The maximum atomic E-state index is 6.95. The standard InChI is InChI=1S/C32H40BN5O6/c1-5-31-19-23(42-15-14-41-13-12-39-3)20-32(31,6-2)44-33(43-31)26-17-25(29(18-30(26)40-4)38-11-7-10-36-38)22-8-9-24-27(34)21-35-37-28(24)16-22/h7-11,16-18,21,23H,5-6,12-15,19-20H2,1-4H3,(H2,34,37)/t23?,31-,32+. The number of rotatable bonds is 13. The van der Waals surface area contributed by atoms with Crippen LogP contribution in [0, 0.1) is 0 Å². The quantitative estimate of drug-likeness (QED) is 0.178. The fraction of sp³-hybridized carbons (Fsp3) is 0.469. The molecule has 2 aliphatic rings. The van der Waals surface area contributed by atoms with Gasteiger partial charge in [-0.25, -0.2) is 4.68 Å². The van der Waals surface area contributed by atoms with E-state index in [2.05, 4.69) is 35.2 Å². The van der Waals surface area contributed by atoms with Crippen molar-refractivity contribution in [2.24, 2.45) is 0 Å². The maximum Gasteiger partial charge on any atom is 0.498 e. The number of nitrogen functional groups attached to an aromatic ring is 1. The van der Waals surface area contributed by atoms with Gasteiger partial charge in [-0.05, 0) is 42.7 Å². The molecule has 1 aliphatic carbocycles. The predicted molar refractivity (Wildman–Crippen MR) is 168 cm³/mol. The van der Waals surface area contributed by atoms with Crippen LogP contribution in [0.3, 0.4) is 0 Å². The topological polar surface area (TPSA) is 125 Å². The van der Waals surface area contributed by atoms with Crippen LogP contribution < -0.4 is 15.9 Å². The Kier molecular flexibility index (Phi) is 8.88. The first-order valence-electron chi connectivity index (χ1n) is 15.2. The van der Waals surface area contributed by atoms with Gasteiger partial charge in [-0.2, -0.15) is 15.3 Å². The molecule has 11 nitrogen and oxygen atoms in total. The zero-order valence-corrected chi connectivity index (χ0v) is 25.8. The summed E-state index contributed by atoms with van der Waals surface area (Å²) in [5, 5.41) is 13.8. The first-order chi connectivity index (χ1) is 21.5. The third kappa shape index (κ3) is 5.45. The molecule has 2 aromatic heterocycles. The lowest BCUT2D eigenvalue weighted by Crippen LogP contribution is -2.46. The van der Waals surface area contributed by atoms with Gasteiger partial charge in [-0.1, -0.05) is 19.9 Å². The van der Waals surface area contributed by atoms with Crippen molar-refractivity contribution >= 4 is 29.2 Å². The van der Waals surface area contributed by atoms with Crippen LogP contribution in [-0.2, 0) is 23.5 Å². The third-order valence-corrected chi connectivity index (χ3v) is 9.10. The summed E-state index contributed by atoms with van der Waals surface area (Å²) in [5.74, 6) is 0.660. The SMILES string of the molecule is CC[C@@]12CC(OCCOCCOC)C[C@]1(CC)OB(c1cc(-c3ccc4c(N)cnnc4c3)c(-n3cccn3)cc1OC)O2. The summed E-state index contributed by atoms with van der Waals surface area (Å²) in [6, 6.07) is 12.0. The summed E-state index contributed by atoms with van der Waals surface area (Å²) in [4.78, 5) is 0. The highest BCUT2D eigenvalue weighted by atomic mass is 16.7. The van der Waals surface area contributed by atoms with Crippen LogP contribution in [0.5, 0.6) is 5.75 Å². The molecule has 1 saturated heterocycles. The van der Waals surface area contributed by atoms with Gasteiger partial charge < -0.3 is 34.0 Å². The summed E-state index contributed by atoms with van der Waals surface area (Å²) in [7, 11) is 2.71. The van der Waals surface area contributed by atoms with E-state index in [-0.39, 0.29) is 6.10 Å². The molecule has 4 aromatic rings. The highest BCUT2D eigenvalue weighted by molar-refractivity contribution is 6.63. The first kappa shape index (κ1) is 30.5. The molecule has 2 fully saturated rings. The number of hydrogen-bond acceptors (Lipinski definition) is 10. The van der Waals surface area contributed by atoms with Crippen LogP contribution in [0.1, 0.15) is 39.5 Å². The lowest BCUT2D eigenvalue weighted by Gasteiger charge is -2.37. The van der Waals surface area contributed by atoms with Crippen LogP contribution >= 0.6 is 0 Å². The zero-order chi connectivity index (χ0) is 30.7. The van der Waals surface area contributed by atoms with E-state index in [0.717, 1.165) is 53.3 Å². The fourth-order valence-electron chi connectivity index (χ4n) is 6.81. The summed E-state index contributed by atoms with van der Waals surface area (Å²) >= 11 is 0. The van der Waals surface area contributed by atoms with Gasteiger partial charge in [0.2, 0.25) is 0 Å². The van der Waals surface area contributed by atoms with Gasteiger partial charge in [-0.3, -0.25) is 0 Å². The normalized spacial score (nSPS) is 23.0. The Bertz CT molecular complexity index is 1570. The monoisotopic (exact) mass is 601 g/mol. The molecular formula is C32H40BN5O6. The van der Waals surface area contributed by atoms with Crippen LogP contribution in [0.2, 0.25) is 0 Å². The van der Waals surface area contributed by atoms with E-state index in [1.807, 2.05) is 41.2 Å². The Morgan fingerprint density at radius 2 is 1.80 bits per heavy atom. The van der Waals surface area contributed by atoms with E-state index in [9.17, 15) is 0 Å². The van der Waals surface area contributed by atoms with E-state index < -0.39 is 18.3 Å². The Labute approximate surface area is 258 Å². The minimum absolute atomic E-state index is 0.0210. The Morgan fingerprint density at radius 3 is 2.48 bits per heavy atom. The van der Waals surface area contributed by atoms with Gasteiger partial charge >= 0.3 is 7.12 Å². The van der Waals surface area contributed by atoms with Crippen molar-refractivity contribution in [3.8, 4) is 22.6 Å². The number of ether oxygens (including phenoxy) is 4. The van der Waals surface area contributed by atoms with Crippen molar-refractivity contribution in [2.45, 2.75) is 56.8 Å². The maximum absolute atomic E-state index is 6.95. The molecular weight excluding hydrogens is 561 g/mol. The van der Waals surface area contributed by atoms with Crippen LogP contribution in [-0.4, -0.2) is 85.0 Å². The van der Waals surface area contributed by atoms with E-state index >= 15 is 0 Å². The van der Waals surface area contributed by atoms with E-state index in [4.69, 9.17) is 34.0 Å². The van der Waals surface area contributed by atoms with Crippen LogP contribution in [0.25, 0.3) is 27.7 Å². The molecule has 0 radical (unpaired) electrons. The number of fused-ring (bicyclic) bond motifs is 2. The molecule has 44 heavy (non-hydrogen) atoms. The fourth-order valence-corrected chi connectivity index (χ4v) is 6.81. The van der Waals surface area contributed by atoms with E-state index in [0.29, 0.717) is 43.4 Å². The number of hydrogen-bond donors (Lipinski definition) is 1. The number of benzene rings is 2. The highest BCUT2D eigenvalue weighted by Crippen LogP contribution is 2.54. The number of aromatic nitrogens is 4. The zero-order valence-electron chi connectivity index (χ0n) is 25.8. The molecule has 2 aromatic carbocycles. The van der Waals surface area contributed by atoms with Gasteiger partial charge in [0.15, 0.2) is 0 Å². The smallest absolute Gasteiger partial charge is 0.497 e. The van der Waals surface area contributed by atoms with Gasteiger partial charge in [-0.15, -0.1) is 0 Å². The summed E-state index contributed by atoms with van der Waals surface area (Å²) < 4.78 is 38.6. The molecule has 1 saturated carbocycles. The molecule has 12 heteroatoms. The minimum Gasteiger partial charge on any atom is -0.497 e. The van der Waals surface area contributed by atoms with Gasteiger partial charge in [0, 0.05) is 54.8 Å². The molecule has 2 N–H and O–H groups in total. The summed E-state index contributed by atoms with van der Waals surface area (Å²) in [6.07, 6.45) is 8.33. The number of nitrogens with two attached hydrogens (primary N) is 1. The molecule has 1 aliphatic heterocycles. The Hall–Kier alpha value is -3.55.